The van der Waals surface area contributed by atoms with Gasteiger partial charge in [0.15, 0.2) is 0 Å². The number of hydrazine groups is 1. The SMILES string of the molecule is C[C@H]1CCNCOCC2CCCC(C2)C2NNC3CCC(CC32)O1. The normalized spacial score (nSPS) is 47.6. The Kier molecular flexibility index (Phi) is 5.74. The van der Waals surface area contributed by atoms with Crippen molar-refractivity contribution in [2.75, 3.05) is 19.9 Å². The highest BCUT2D eigenvalue weighted by molar-refractivity contribution is 4.99. The summed E-state index contributed by atoms with van der Waals surface area (Å²) in [6, 6.07) is 1.28. The first-order chi connectivity index (χ1) is 11.8. The monoisotopic (exact) mass is 337 g/mol. The third-order valence-corrected chi connectivity index (χ3v) is 6.79. The third kappa shape index (κ3) is 3.96. The van der Waals surface area contributed by atoms with Crippen molar-refractivity contribution in [3.8, 4) is 0 Å². The van der Waals surface area contributed by atoms with Gasteiger partial charge in [-0.15, -0.1) is 0 Å². The molecule has 0 spiro atoms. The lowest BCUT2D eigenvalue weighted by Gasteiger charge is -2.39. The van der Waals surface area contributed by atoms with Crippen molar-refractivity contribution in [1.82, 2.24) is 16.2 Å². The van der Waals surface area contributed by atoms with Crippen molar-refractivity contribution in [3.63, 3.8) is 0 Å². The molecule has 0 aromatic heterocycles. The highest BCUT2D eigenvalue weighted by Crippen LogP contribution is 2.40. The fraction of sp³-hybridized carbons (Fsp3) is 1.00. The Morgan fingerprint density at radius 3 is 2.88 bits per heavy atom. The molecule has 0 amide bonds. The summed E-state index contributed by atoms with van der Waals surface area (Å²) >= 11 is 0. The van der Waals surface area contributed by atoms with E-state index >= 15 is 0 Å². The van der Waals surface area contributed by atoms with Crippen molar-refractivity contribution in [2.24, 2.45) is 17.8 Å². The largest absolute Gasteiger partial charge is 0.375 e. The fourth-order valence-corrected chi connectivity index (χ4v) is 5.52. The quantitative estimate of drug-likeness (QED) is 0.633. The molecule has 3 N–H and O–H groups in total. The minimum Gasteiger partial charge on any atom is -0.375 e. The van der Waals surface area contributed by atoms with Crippen LogP contribution in [0.15, 0.2) is 0 Å². The molecule has 24 heavy (non-hydrogen) atoms. The third-order valence-electron chi connectivity index (χ3n) is 6.79. The van der Waals surface area contributed by atoms with Gasteiger partial charge >= 0.3 is 0 Å². The van der Waals surface area contributed by atoms with Gasteiger partial charge in [-0.3, -0.25) is 16.2 Å². The Balaban J connectivity index is 1.46. The smallest absolute Gasteiger partial charge is 0.0965 e. The molecule has 0 radical (unpaired) electrons. The minimum atomic E-state index is 0.337. The van der Waals surface area contributed by atoms with Gasteiger partial charge in [0.05, 0.1) is 25.5 Å². The highest BCUT2D eigenvalue weighted by Gasteiger charge is 2.44. The van der Waals surface area contributed by atoms with Crippen molar-refractivity contribution in [2.45, 2.75) is 82.6 Å². The Labute approximate surface area is 146 Å². The Morgan fingerprint density at radius 2 is 1.92 bits per heavy atom. The van der Waals surface area contributed by atoms with Gasteiger partial charge in [0, 0.05) is 12.1 Å². The van der Waals surface area contributed by atoms with Crippen LogP contribution in [0.25, 0.3) is 0 Å². The van der Waals surface area contributed by atoms with Crippen molar-refractivity contribution < 1.29 is 9.47 Å². The van der Waals surface area contributed by atoms with Gasteiger partial charge in [-0.05, 0) is 76.2 Å². The van der Waals surface area contributed by atoms with Crippen LogP contribution in [0.3, 0.4) is 0 Å². The molecule has 6 unspecified atom stereocenters. The van der Waals surface area contributed by atoms with E-state index < -0.39 is 0 Å². The molecule has 5 nitrogen and oxygen atoms in total. The molecule has 2 heterocycles. The summed E-state index contributed by atoms with van der Waals surface area (Å²) in [5.74, 6) is 2.28. The number of nitrogens with one attached hydrogen (secondary N) is 3. The summed E-state index contributed by atoms with van der Waals surface area (Å²) < 4.78 is 12.3. The number of hydrogen-bond donors (Lipinski definition) is 3. The van der Waals surface area contributed by atoms with E-state index in [9.17, 15) is 0 Å². The zero-order valence-electron chi connectivity index (χ0n) is 15.1. The molecule has 2 saturated carbocycles. The van der Waals surface area contributed by atoms with Gasteiger partial charge in [-0.1, -0.05) is 6.42 Å². The van der Waals surface area contributed by atoms with E-state index in [0.29, 0.717) is 31.0 Å². The molecule has 0 aromatic rings. The van der Waals surface area contributed by atoms with E-state index in [4.69, 9.17) is 9.47 Å². The minimum absolute atomic E-state index is 0.337. The Bertz CT molecular complexity index is 408. The van der Waals surface area contributed by atoms with Gasteiger partial charge in [0.25, 0.3) is 0 Å². The molecule has 4 rings (SSSR count). The van der Waals surface area contributed by atoms with Crippen LogP contribution >= 0.6 is 0 Å². The van der Waals surface area contributed by atoms with Crippen LogP contribution in [-0.4, -0.2) is 44.2 Å². The molecule has 2 saturated heterocycles. The molecule has 4 aliphatic rings. The predicted molar refractivity (Wildman–Crippen MR) is 94.4 cm³/mol. The maximum Gasteiger partial charge on any atom is 0.0965 e. The van der Waals surface area contributed by atoms with Crippen LogP contribution in [0.1, 0.15) is 58.3 Å². The van der Waals surface area contributed by atoms with Crippen LogP contribution in [0.4, 0.5) is 0 Å². The standard InChI is InChI=1S/C19H35N3O2/c1-13-7-8-20-12-23-11-14-3-2-4-15(9-14)19-17-10-16(24-13)5-6-18(17)21-22-19/h13-22H,2-12H2,1H3/t13-,14?,15?,16?,17?,18?,19?/m0/s1. The van der Waals surface area contributed by atoms with Crippen LogP contribution in [0, 0.1) is 17.8 Å². The van der Waals surface area contributed by atoms with Crippen LogP contribution < -0.4 is 16.2 Å². The predicted octanol–water partition coefficient (Wildman–Crippen LogP) is 2.18. The number of ether oxygens (including phenoxy) is 2. The average Bonchev–Trinajstić information content (AvgIpc) is 3.01. The molecule has 0 aromatic carbocycles. The second kappa shape index (κ2) is 8.00. The number of rotatable bonds is 0. The van der Waals surface area contributed by atoms with Crippen LogP contribution in [-0.2, 0) is 9.47 Å². The van der Waals surface area contributed by atoms with Crippen LogP contribution in [0.5, 0.6) is 0 Å². The first-order valence-corrected chi connectivity index (χ1v) is 10.2. The summed E-state index contributed by atoms with van der Waals surface area (Å²) in [6.45, 7) is 4.82. The first kappa shape index (κ1) is 17.2. The van der Waals surface area contributed by atoms with Gasteiger partial charge in [0.2, 0.25) is 0 Å². The zero-order chi connectivity index (χ0) is 16.4. The van der Waals surface area contributed by atoms with Gasteiger partial charge < -0.3 is 9.47 Å². The van der Waals surface area contributed by atoms with E-state index in [1.54, 1.807) is 0 Å². The molecular weight excluding hydrogens is 302 g/mol. The molecule has 4 fully saturated rings. The lowest BCUT2D eigenvalue weighted by atomic mass is 9.70. The van der Waals surface area contributed by atoms with Gasteiger partial charge in [-0.2, -0.15) is 0 Å². The van der Waals surface area contributed by atoms with Gasteiger partial charge in [-0.25, -0.2) is 0 Å². The summed E-state index contributed by atoms with van der Waals surface area (Å²) in [7, 11) is 0. The zero-order valence-corrected chi connectivity index (χ0v) is 15.1. The molecule has 138 valence electrons. The van der Waals surface area contributed by atoms with Crippen molar-refractivity contribution >= 4 is 0 Å². The Morgan fingerprint density at radius 1 is 0.958 bits per heavy atom. The topological polar surface area (TPSA) is 54.5 Å². The average molecular weight is 338 g/mol. The lowest BCUT2D eigenvalue weighted by Crippen LogP contribution is -2.42. The molecule has 4 bridgehead atoms. The Hall–Kier alpha value is -0.200. The van der Waals surface area contributed by atoms with E-state index in [-0.39, 0.29) is 0 Å². The van der Waals surface area contributed by atoms with Gasteiger partial charge in [0.1, 0.15) is 0 Å². The second-order valence-corrected chi connectivity index (χ2v) is 8.56. The second-order valence-electron chi connectivity index (χ2n) is 8.56. The summed E-state index contributed by atoms with van der Waals surface area (Å²) in [6.07, 6.45) is 10.9. The number of hydrogen-bond acceptors (Lipinski definition) is 5. The summed E-state index contributed by atoms with van der Waals surface area (Å²) in [5, 5.41) is 3.42. The van der Waals surface area contributed by atoms with E-state index in [0.717, 1.165) is 37.3 Å². The lowest BCUT2D eigenvalue weighted by molar-refractivity contribution is -0.0402. The van der Waals surface area contributed by atoms with Crippen LogP contribution in [0.2, 0.25) is 0 Å². The molecule has 7 atom stereocenters. The van der Waals surface area contributed by atoms with E-state index in [2.05, 4.69) is 23.1 Å². The van der Waals surface area contributed by atoms with Crippen molar-refractivity contribution in [3.05, 3.63) is 0 Å². The first-order valence-electron chi connectivity index (χ1n) is 10.2. The fourth-order valence-electron chi connectivity index (χ4n) is 5.52. The molecular formula is C19H35N3O2. The molecule has 2 aliphatic heterocycles. The number of fused-ring (bicyclic) bond motifs is 4. The maximum atomic E-state index is 6.39. The molecule has 2 aliphatic carbocycles. The van der Waals surface area contributed by atoms with E-state index in [1.807, 2.05) is 0 Å². The van der Waals surface area contributed by atoms with E-state index in [1.165, 1.54) is 44.9 Å². The summed E-state index contributed by atoms with van der Waals surface area (Å²) in [4.78, 5) is 0. The molecule has 5 heteroatoms. The summed E-state index contributed by atoms with van der Waals surface area (Å²) in [5.41, 5.74) is 7.30. The highest BCUT2D eigenvalue weighted by atomic mass is 16.5. The maximum absolute atomic E-state index is 6.39. The van der Waals surface area contributed by atoms with Crippen molar-refractivity contribution in [1.29, 1.82) is 0 Å².